The zero-order valence-corrected chi connectivity index (χ0v) is 43.6. The zero-order valence-electron chi connectivity index (χ0n) is 42.8. The second-order valence-electron chi connectivity index (χ2n) is 20.8. The number of aromatic nitrogens is 2. The molecule has 0 spiro atoms. The highest BCUT2D eigenvalue weighted by atomic mass is 32.1. The van der Waals surface area contributed by atoms with E-state index in [0.717, 1.165) is 45.3 Å². The van der Waals surface area contributed by atoms with Gasteiger partial charge in [-0.2, -0.15) is 0 Å². The summed E-state index contributed by atoms with van der Waals surface area (Å²) in [6.45, 7) is 0. The van der Waals surface area contributed by atoms with Gasteiger partial charge >= 0.3 is 0 Å². The Labute approximate surface area is 459 Å². The predicted octanol–water partition coefficient (Wildman–Crippen LogP) is 21.2. The van der Waals surface area contributed by atoms with Crippen molar-refractivity contribution in [2.75, 3.05) is 9.80 Å². The molecule has 4 nitrogen and oxygen atoms in total. The minimum Gasteiger partial charge on any atom is -0.310 e. The Balaban J connectivity index is 0.930. The van der Waals surface area contributed by atoms with Crippen molar-refractivity contribution in [1.29, 1.82) is 0 Å². The standard InChI is InChI=1S/C74H46N4S/c1-5-20-51(21-6-1)75(52-22-7-2-8-23-52)56-44-64-63-42-49(50-33-37-59-61-38-32-48-19-17-30-60-58-29-15-16-31-65(58)78(67(59)43-50)73(61)71(48)60)35-41-70(63)79-74(64)69(46-56)76(53-24-9-3-10-25-53)55-36-39-62-68(45-55)77(54-26-11-4-12-27-54)66-40-34-47-18-13-14-28-57(47)72(62)66/h1-46H. The van der Waals surface area contributed by atoms with E-state index in [1.54, 1.807) is 0 Å². The van der Waals surface area contributed by atoms with Crippen molar-refractivity contribution in [3.05, 3.63) is 279 Å². The van der Waals surface area contributed by atoms with Gasteiger partial charge in [0.2, 0.25) is 0 Å². The van der Waals surface area contributed by atoms with Crippen molar-refractivity contribution in [1.82, 2.24) is 8.97 Å². The molecule has 17 aromatic rings. The first-order valence-electron chi connectivity index (χ1n) is 27.1. The van der Waals surface area contributed by atoms with Crippen LogP contribution in [-0.4, -0.2) is 8.97 Å². The maximum atomic E-state index is 2.52. The molecule has 13 aromatic carbocycles. The van der Waals surface area contributed by atoms with Crippen LogP contribution in [0.5, 0.6) is 0 Å². The lowest BCUT2D eigenvalue weighted by molar-refractivity contribution is 1.18. The maximum Gasteiger partial charge on any atom is 0.0661 e. The lowest BCUT2D eigenvalue weighted by Gasteiger charge is -2.30. The molecule has 0 N–H and O–H groups in total. The van der Waals surface area contributed by atoms with Crippen LogP contribution in [0.2, 0.25) is 0 Å². The van der Waals surface area contributed by atoms with Gasteiger partial charge in [0.15, 0.2) is 0 Å². The molecule has 0 unspecified atom stereocenters. The molecule has 0 aliphatic rings. The summed E-state index contributed by atoms with van der Waals surface area (Å²) in [6, 6.07) is 103. The lowest BCUT2D eigenvalue weighted by Crippen LogP contribution is -2.13. The number of fused-ring (bicyclic) bond motifs is 14. The highest BCUT2D eigenvalue weighted by Crippen LogP contribution is 2.51. The van der Waals surface area contributed by atoms with Crippen LogP contribution in [0.4, 0.5) is 34.1 Å². The van der Waals surface area contributed by atoms with Crippen LogP contribution in [-0.2, 0) is 0 Å². The van der Waals surface area contributed by atoms with Gasteiger partial charge in [-0.3, -0.25) is 0 Å². The second-order valence-corrected chi connectivity index (χ2v) is 21.9. The summed E-state index contributed by atoms with van der Waals surface area (Å²) in [6.07, 6.45) is 0. The van der Waals surface area contributed by atoms with Gasteiger partial charge in [-0.05, 0) is 136 Å². The fourth-order valence-corrected chi connectivity index (χ4v) is 14.3. The van der Waals surface area contributed by atoms with Crippen molar-refractivity contribution in [2.45, 2.75) is 0 Å². The van der Waals surface area contributed by atoms with E-state index >= 15 is 0 Å². The third kappa shape index (κ3) is 6.61. The third-order valence-corrected chi connectivity index (χ3v) is 17.7. The summed E-state index contributed by atoms with van der Waals surface area (Å²) in [4.78, 5) is 4.90. The van der Waals surface area contributed by atoms with Gasteiger partial charge in [0.25, 0.3) is 0 Å². The molecule has 79 heavy (non-hydrogen) atoms. The van der Waals surface area contributed by atoms with Gasteiger partial charge < -0.3 is 18.8 Å². The molecule has 0 aliphatic heterocycles. The van der Waals surface area contributed by atoms with E-state index in [4.69, 9.17) is 0 Å². The summed E-state index contributed by atoms with van der Waals surface area (Å²) in [5.41, 5.74) is 16.1. The number of benzene rings is 13. The number of thiophene rings is 1. The molecular formula is C74H46N4S. The first kappa shape index (κ1) is 44.0. The zero-order chi connectivity index (χ0) is 51.7. The Morgan fingerprint density at radius 1 is 0.291 bits per heavy atom. The average molecular weight is 1020 g/mol. The van der Waals surface area contributed by atoms with E-state index in [1.165, 1.54) is 107 Å². The van der Waals surface area contributed by atoms with Crippen LogP contribution in [0.3, 0.4) is 0 Å². The first-order chi connectivity index (χ1) is 39.2. The summed E-state index contributed by atoms with van der Waals surface area (Å²) in [7, 11) is 0. The molecule has 0 saturated carbocycles. The van der Waals surface area contributed by atoms with Crippen molar-refractivity contribution in [2.24, 2.45) is 0 Å². The van der Waals surface area contributed by atoms with E-state index in [-0.39, 0.29) is 0 Å². The van der Waals surface area contributed by atoms with Crippen molar-refractivity contribution in [3.63, 3.8) is 0 Å². The quantitative estimate of drug-likeness (QED) is 0.111. The van der Waals surface area contributed by atoms with Gasteiger partial charge in [0, 0.05) is 81.9 Å². The average Bonchev–Trinajstić information content (AvgIpc) is 3.90. The van der Waals surface area contributed by atoms with E-state index < -0.39 is 0 Å². The number of para-hydroxylation sites is 5. The molecule has 0 fully saturated rings. The number of hydrogen-bond donors (Lipinski definition) is 0. The normalized spacial score (nSPS) is 12.1. The van der Waals surface area contributed by atoms with E-state index in [1.807, 2.05) is 11.3 Å². The SMILES string of the molecule is c1ccc(N(c2ccccc2)c2cc(N(c3ccccc3)c3ccc4c5c6ccccc6ccc5n(-c5ccccc5)c4c3)c3sc4ccc(-c5ccc6c7ccc8cccc9c%10ccccc%10n(c6c5)c7c89)cc4c3c2)cc1. The second kappa shape index (κ2) is 17.2. The summed E-state index contributed by atoms with van der Waals surface area (Å²) in [5.74, 6) is 0. The molecule has 5 heteroatoms. The first-order valence-corrected chi connectivity index (χ1v) is 27.9. The minimum absolute atomic E-state index is 1.07. The minimum atomic E-state index is 1.07. The van der Waals surface area contributed by atoms with Crippen LogP contribution in [0.15, 0.2) is 279 Å². The molecule has 0 aliphatic carbocycles. The molecular weight excluding hydrogens is 977 g/mol. The largest absolute Gasteiger partial charge is 0.310 e. The molecule has 368 valence electrons. The van der Waals surface area contributed by atoms with Crippen LogP contribution >= 0.6 is 11.3 Å². The van der Waals surface area contributed by atoms with Crippen molar-refractivity contribution in [3.8, 4) is 16.8 Å². The van der Waals surface area contributed by atoms with Crippen LogP contribution in [0.25, 0.3) is 118 Å². The molecule has 0 amide bonds. The molecule has 4 heterocycles. The Kier molecular flexibility index (Phi) is 9.55. The predicted molar refractivity (Wildman–Crippen MR) is 338 cm³/mol. The smallest absolute Gasteiger partial charge is 0.0661 e. The number of pyridine rings is 1. The number of anilines is 6. The fourth-order valence-electron chi connectivity index (χ4n) is 13.1. The number of rotatable bonds is 8. The van der Waals surface area contributed by atoms with Crippen LogP contribution in [0, 0.1) is 0 Å². The summed E-state index contributed by atoms with van der Waals surface area (Å²) >= 11 is 1.87. The fraction of sp³-hybridized carbons (Fsp3) is 0. The Morgan fingerprint density at radius 3 is 1.68 bits per heavy atom. The van der Waals surface area contributed by atoms with Gasteiger partial charge in [-0.15, -0.1) is 11.3 Å². The van der Waals surface area contributed by atoms with Crippen LogP contribution < -0.4 is 9.80 Å². The number of hydrogen-bond acceptors (Lipinski definition) is 3. The van der Waals surface area contributed by atoms with Gasteiger partial charge in [-0.1, -0.05) is 176 Å². The topological polar surface area (TPSA) is 15.8 Å². The Morgan fingerprint density at radius 2 is 0.899 bits per heavy atom. The maximum absolute atomic E-state index is 2.52. The molecule has 0 bridgehead atoms. The Bertz CT molecular complexity index is 5210. The van der Waals surface area contributed by atoms with E-state index in [0.29, 0.717) is 0 Å². The van der Waals surface area contributed by atoms with Crippen molar-refractivity contribution >= 4 is 147 Å². The molecule has 0 radical (unpaired) electrons. The van der Waals surface area contributed by atoms with Gasteiger partial charge in [-0.25, -0.2) is 0 Å². The van der Waals surface area contributed by atoms with E-state index in [9.17, 15) is 0 Å². The summed E-state index contributed by atoms with van der Waals surface area (Å²) in [5, 5.41) is 15.1. The summed E-state index contributed by atoms with van der Waals surface area (Å²) < 4.78 is 7.42. The third-order valence-electron chi connectivity index (χ3n) is 16.5. The monoisotopic (exact) mass is 1020 g/mol. The van der Waals surface area contributed by atoms with Crippen LogP contribution in [0.1, 0.15) is 0 Å². The highest BCUT2D eigenvalue weighted by molar-refractivity contribution is 7.26. The van der Waals surface area contributed by atoms with Gasteiger partial charge in [0.1, 0.15) is 0 Å². The lowest BCUT2D eigenvalue weighted by atomic mass is 9.98. The van der Waals surface area contributed by atoms with E-state index in [2.05, 4.69) is 298 Å². The molecule has 17 rings (SSSR count). The molecule has 0 atom stereocenters. The Hall–Kier alpha value is -10.2. The van der Waals surface area contributed by atoms with Gasteiger partial charge in [0.05, 0.1) is 38.0 Å². The van der Waals surface area contributed by atoms with Crippen molar-refractivity contribution < 1.29 is 0 Å². The molecule has 4 aromatic heterocycles. The molecule has 0 saturated heterocycles. The highest BCUT2D eigenvalue weighted by Gasteiger charge is 2.26. The number of nitrogens with zero attached hydrogens (tertiary/aromatic N) is 4.